The number of nitrogens with one attached hydrogen (secondary N) is 2. The van der Waals surface area contributed by atoms with Crippen molar-refractivity contribution in [3.8, 4) is 0 Å². The van der Waals surface area contributed by atoms with Gasteiger partial charge in [-0.05, 0) is 30.5 Å². The molecule has 0 aromatic heterocycles. The predicted octanol–water partition coefficient (Wildman–Crippen LogP) is 2.04. The van der Waals surface area contributed by atoms with Gasteiger partial charge < -0.3 is 10.6 Å². The maximum atomic E-state index is 12.1. The minimum Gasteiger partial charge on any atom is -0.326 e. The lowest BCUT2D eigenvalue weighted by Gasteiger charge is -2.12. The maximum Gasteiger partial charge on any atom is 0.324 e. The minimum atomic E-state index is -0.642. The standard InChI is InChI=1S/C16H19N3O3/c1-19-15(21)13(18-16(19)22)10-6-8-12(9-7-10)17-14(20)11-4-2-3-5-11/h6-9,11,13H,2-5H2,1H3,(H,17,20)(H,18,22). The Morgan fingerprint density at radius 1 is 1.18 bits per heavy atom. The summed E-state index contributed by atoms with van der Waals surface area (Å²) in [5, 5.41) is 5.53. The zero-order valence-corrected chi connectivity index (χ0v) is 12.5. The second kappa shape index (κ2) is 5.79. The van der Waals surface area contributed by atoms with Gasteiger partial charge in [0.1, 0.15) is 6.04 Å². The molecular weight excluding hydrogens is 282 g/mol. The third-order valence-corrected chi connectivity index (χ3v) is 4.39. The number of amides is 4. The Kier molecular flexibility index (Phi) is 3.83. The number of benzene rings is 1. The van der Waals surface area contributed by atoms with E-state index in [0.717, 1.165) is 30.6 Å². The Morgan fingerprint density at radius 3 is 2.36 bits per heavy atom. The number of carbonyl (C=O) groups is 3. The smallest absolute Gasteiger partial charge is 0.324 e. The van der Waals surface area contributed by atoms with E-state index >= 15 is 0 Å². The van der Waals surface area contributed by atoms with E-state index in [-0.39, 0.29) is 17.7 Å². The molecule has 1 aromatic rings. The predicted molar refractivity (Wildman–Crippen MR) is 81.1 cm³/mol. The molecule has 1 atom stereocenters. The van der Waals surface area contributed by atoms with E-state index in [1.807, 2.05) is 0 Å². The van der Waals surface area contributed by atoms with E-state index in [4.69, 9.17) is 0 Å². The van der Waals surface area contributed by atoms with Crippen molar-refractivity contribution in [1.29, 1.82) is 0 Å². The molecule has 3 rings (SSSR count). The van der Waals surface area contributed by atoms with Crippen LogP contribution in [-0.2, 0) is 9.59 Å². The van der Waals surface area contributed by atoms with Crippen molar-refractivity contribution >= 4 is 23.5 Å². The highest BCUT2D eigenvalue weighted by atomic mass is 16.2. The summed E-state index contributed by atoms with van der Waals surface area (Å²) in [5.74, 6) is -0.0907. The Bertz CT molecular complexity index is 606. The normalized spacial score (nSPS) is 22.0. The number of nitrogens with zero attached hydrogens (tertiary/aromatic N) is 1. The molecule has 4 amide bonds. The van der Waals surface area contributed by atoms with Gasteiger partial charge in [0.15, 0.2) is 0 Å². The largest absolute Gasteiger partial charge is 0.326 e. The average molecular weight is 301 g/mol. The SMILES string of the molecule is CN1C(=O)NC(c2ccc(NC(=O)C3CCCC3)cc2)C1=O. The second-order valence-electron chi connectivity index (χ2n) is 5.87. The molecule has 6 nitrogen and oxygen atoms in total. The molecule has 0 radical (unpaired) electrons. The number of likely N-dealkylation sites (N-methyl/N-ethyl adjacent to an activating group) is 1. The maximum absolute atomic E-state index is 12.1. The van der Waals surface area contributed by atoms with E-state index in [1.165, 1.54) is 7.05 Å². The van der Waals surface area contributed by atoms with Crippen LogP contribution in [0.5, 0.6) is 0 Å². The third-order valence-electron chi connectivity index (χ3n) is 4.39. The first-order valence-electron chi connectivity index (χ1n) is 7.55. The number of hydrogen-bond acceptors (Lipinski definition) is 3. The first kappa shape index (κ1) is 14.6. The lowest BCUT2D eigenvalue weighted by molar-refractivity contribution is -0.126. The van der Waals surface area contributed by atoms with E-state index in [9.17, 15) is 14.4 Å². The molecule has 6 heteroatoms. The van der Waals surface area contributed by atoms with Crippen LogP contribution in [0.3, 0.4) is 0 Å². The summed E-state index contributed by atoms with van der Waals surface area (Å²) in [6.45, 7) is 0. The molecule has 1 aliphatic heterocycles. The molecule has 2 N–H and O–H groups in total. The zero-order valence-electron chi connectivity index (χ0n) is 12.5. The number of hydrogen-bond donors (Lipinski definition) is 2. The lowest BCUT2D eigenvalue weighted by Crippen LogP contribution is -2.25. The fourth-order valence-corrected chi connectivity index (χ4v) is 2.99. The molecule has 1 aromatic carbocycles. The van der Waals surface area contributed by atoms with Crippen LogP contribution < -0.4 is 10.6 Å². The van der Waals surface area contributed by atoms with Gasteiger partial charge in [-0.3, -0.25) is 14.5 Å². The van der Waals surface area contributed by atoms with Crippen molar-refractivity contribution in [3.63, 3.8) is 0 Å². The molecule has 1 saturated heterocycles. The van der Waals surface area contributed by atoms with Crippen LogP contribution in [0.15, 0.2) is 24.3 Å². The topological polar surface area (TPSA) is 78.5 Å². The molecule has 22 heavy (non-hydrogen) atoms. The molecule has 1 heterocycles. The van der Waals surface area contributed by atoms with Crippen molar-refractivity contribution in [2.45, 2.75) is 31.7 Å². The van der Waals surface area contributed by atoms with E-state index in [2.05, 4.69) is 10.6 Å². The molecule has 0 bridgehead atoms. The summed E-state index contributed by atoms with van der Waals surface area (Å²) in [4.78, 5) is 36.5. The van der Waals surface area contributed by atoms with E-state index < -0.39 is 12.1 Å². The first-order valence-corrected chi connectivity index (χ1v) is 7.55. The monoisotopic (exact) mass is 301 g/mol. The highest BCUT2D eigenvalue weighted by Crippen LogP contribution is 2.27. The number of carbonyl (C=O) groups excluding carboxylic acids is 3. The van der Waals surface area contributed by atoms with Crippen molar-refractivity contribution in [3.05, 3.63) is 29.8 Å². The molecule has 1 unspecified atom stereocenters. The second-order valence-corrected chi connectivity index (χ2v) is 5.87. The summed E-state index contributed by atoms with van der Waals surface area (Å²) in [6, 6.07) is 6.00. The highest BCUT2D eigenvalue weighted by molar-refractivity contribution is 6.04. The molecule has 0 spiro atoms. The summed E-state index contributed by atoms with van der Waals surface area (Å²) in [7, 11) is 1.45. The summed E-state index contributed by atoms with van der Waals surface area (Å²) < 4.78 is 0. The van der Waals surface area contributed by atoms with Crippen LogP contribution in [0.4, 0.5) is 10.5 Å². The van der Waals surface area contributed by atoms with Crippen LogP contribution in [0.25, 0.3) is 0 Å². The molecule has 1 saturated carbocycles. The molecule has 2 fully saturated rings. The first-order chi connectivity index (χ1) is 10.6. The van der Waals surface area contributed by atoms with E-state index in [0.29, 0.717) is 11.3 Å². The van der Waals surface area contributed by atoms with Crippen molar-refractivity contribution < 1.29 is 14.4 Å². The van der Waals surface area contributed by atoms with Gasteiger partial charge in [0.05, 0.1) is 0 Å². The molecule has 116 valence electrons. The molecular formula is C16H19N3O3. The van der Waals surface area contributed by atoms with E-state index in [1.54, 1.807) is 24.3 Å². The summed E-state index contributed by atoms with van der Waals surface area (Å²) in [5.41, 5.74) is 1.42. The Labute approximate surface area is 128 Å². The minimum absolute atomic E-state index is 0.0650. The van der Waals surface area contributed by atoms with Gasteiger partial charge in [-0.25, -0.2) is 4.79 Å². The van der Waals surface area contributed by atoms with Gasteiger partial charge in [0.2, 0.25) is 5.91 Å². The number of imide groups is 1. The third kappa shape index (κ3) is 2.68. The zero-order chi connectivity index (χ0) is 15.7. The van der Waals surface area contributed by atoms with Crippen LogP contribution in [0.1, 0.15) is 37.3 Å². The van der Waals surface area contributed by atoms with Crippen LogP contribution in [-0.4, -0.2) is 29.8 Å². The molecule has 1 aliphatic carbocycles. The van der Waals surface area contributed by atoms with Gasteiger partial charge in [0, 0.05) is 18.7 Å². The summed E-state index contributed by atoms with van der Waals surface area (Å²) in [6.07, 6.45) is 4.15. The summed E-state index contributed by atoms with van der Waals surface area (Å²) >= 11 is 0. The Balaban J connectivity index is 1.66. The Morgan fingerprint density at radius 2 is 1.82 bits per heavy atom. The fourth-order valence-electron chi connectivity index (χ4n) is 2.99. The van der Waals surface area contributed by atoms with Crippen molar-refractivity contribution in [2.24, 2.45) is 5.92 Å². The van der Waals surface area contributed by atoms with Gasteiger partial charge in [-0.2, -0.15) is 0 Å². The number of anilines is 1. The fraction of sp³-hybridized carbons (Fsp3) is 0.438. The van der Waals surface area contributed by atoms with Crippen LogP contribution >= 0.6 is 0 Å². The highest BCUT2D eigenvalue weighted by Gasteiger charge is 2.36. The van der Waals surface area contributed by atoms with Crippen LogP contribution in [0.2, 0.25) is 0 Å². The van der Waals surface area contributed by atoms with Crippen LogP contribution in [0, 0.1) is 5.92 Å². The quantitative estimate of drug-likeness (QED) is 0.839. The Hall–Kier alpha value is -2.37. The van der Waals surface area contributed by atoms with Gasteiger partial charge >= 0.3 is 6.03 Å². The average Bonchev–Trinajstić information content (AvgIpc) is 3.13. The van der Waals surface area contributed by atoms with Crippen molar-refractivity contribution in [2.75, 3.05) is 12.4 Å². The van der Waals surface area contributed by atoms with Crippen molar-refractivity contribution in [1.82, 2.24) is 10.2 Å². The van der Waals surface area contributed by atoms with Gasteiger partial charge in [-0.1, -0.05) is 25.0 Å². The van der Waals surface area contributed by atoms with Gasteiger partial charge in [-0.15, -0.1) is 0 Å². The van der Waals surface area contributed by atoms with Gasteiger partial charge in [0.25, 0.3) is 5.91 Å². The number of urea groups is 1. The lowest BCUT2D eigenvalue weighted by atomic mass is 10.1. The number of rotatable bonds is 3. The molecule has 2 aliphatic rings.